The fraction of sp³-hybridized carbons (Fsp3) is 0.333. The zero-order valence-corrected chi connectivity index (χ0v) is 15.6. The van der Waals surface area contributed by atoms with Crippen LogP contribution in [-0.4, -0.2) is 17.9 Å². The Morgan fingerprint density at radius 1 is 0.926 bits per heavy atom. The van der Waals surface area contributed by atoms with Crippen LogP contribution in [0.15, 0.2) is 48.5 Å². The summed E-state index contributed by atoms with van der Waals surface area (Å²) in [5, 5.41) is 5.51. The minimum Gasteiger partial charge on any atom is -0.348 e. The zero-order valence-electron chi connectivity index (χ0n) is 15.6. The number of carbonyl (C=O) groups excluding carboxylic acids is 2. The molecule has 0 spiro atoms. The molecule has 0 fully saturated rings. The van der Waals surface area contributed by atoms with Gasteiger partial charge in [0.05, 0.1) is 12.5 Å². The van der Waals surface area contributed by atoms with Crippen molar-refractivity contribution < 1.29 is 18.4 Å². The van der Waals surface area contributed by atoms with E-state index >= 15 is 0 Å². The van der Waals surface area contributed by atoms with Gasteiger partial charge in [0.15, 0.2) is 11.6 Å². The number of carbonyl (C=O) groups is 2. The van der Waals surface area contributed by atoms with E-state index < -0.39 is 23.7 Å². The summed E-state index contributed by atoms with van der Waals surface area (Å²) in [4.78, 5) is 24.9. The molecule has 0 radical (unpaired) electrons. The van der Waals surface area contributed by atoms with Gasteiger partial charge in [-0.3, -0.25) is 9.59 Å². The lowest BCUT2D eigenvalue weighted by Crippen LogP contribution is -2.50. The van der Waals surface area contributed by atoms with Crippen molar-refractivity contribution >= 4 is 11.8 Å². The molecule has 2 aromatic carbocycles. The molecule has 2 rings (SSSR count). The Labute approximate surface area is 158 Å². The Balaban J connectivity index is 2.01. The van der Waals surface area contributed by atoms with Crippen LogP contribution in [0.25, 0.3) is 0 Å². The van der Waals surface area contributed by atoms with E-state index in [-0.39, 0.29) is 24.2 Å². The van der Waals surface area contributed by atoms with E-state index in [9.17, 15) is 18.4 Å². The van der Waals surface area contributed by atoms with E-state index in [0.717, 1.165) is 17.7 Å². The molecule has 27 heavy (non-hydrogen) atoms. The number of hydrogen-bond donors (Lipinski definition) is 2. The minimum atomic E-state index is -0.967. The predicted octanol–water partition coefficient (Wildman–Crippen LogP) is 3.53. The van der Waals surface area contributed by atoms with Crippen LogP contribution in [-0.2, 0) is 16.0 Å². The summed E-state index contributed by atoms with van der Waals surface area (Å²) in [6, 6.07) is 11.5. The molecule has 0 saturated carbocycles. The SMILES string of the molecule is CC(NC(=O)C(NC(=O)Cc1ccccc1)C(C)C)c1ccc(F)c(F)c1. The third-order valence-electron chi connectivity index (χ3n) is 4.28. The van der Waals surface area contributed by atoms with E-state index in [1.54, 1.807) is 6.92 Å². The lowest BCUT2D eigenvalue weighted by Gasteiger charge is -2.24. The van der Waals surface area contributed by atoms with Gasteiger partial charge in [-0.25, -0.2) is 8.78 Å². The number of nitrogens with one attached hydrogen (secondary N) is 2. The van der Waals surface area contributed by atoms with Gasteiger partial charge in [-0.2, -0.15) is 0 Å². The first-order chi connectivity index (χ1) is 12.8. The zero-order chi connectivity index (χ0) is 20.0. The number of hydrogen-bond acceptors (Lipinski definition) is 2. The summed E-state index contributed by atoms with van der Waals surface area (Å²) in [6.45, 7) is 5.33. The average Bonchev–Trinajstić information content (AvgIpc) is 2.62. The molecule has 0 aliphatic heterocycles. The summed E-state index contributed by atoms with van der Waals surface area (Å²) >= 11 is 0. The maximum absolute atomic E-state index is 13.4. The topological polar surface area (TPSA) is 58.2 Å². The smallest absolute Gasteiger partial charge is 0.243 e. The van der Waals surface area contributed by atoms with Crippen LogP contribution in [0.2, 0.25) is 0 Å². The normalized spacial score (nSPS) is 13.1. The van der Waals surface area contributed by atoms with Crippen LogP contribution < -0.4 is 10.6 Å². The fourth-order valence-corrected chi connectivity index (χ4v) is 2.71. The van der Waals surface area contributed by atoms with E-state index in [4.69, 9.17) is 0 Å². The van der Waals surface area contributed by atoms with Crippen LogP contribution in [0.5, 0.6) is 0 Å². The van der Waals surface area contributed by atoms with Gasteiger partial charge in [-0.1, -0.05) is 50.2 Å². The van der Waals surface area contributed by atoms with E-state index in [2.05, 4.69) is 10.6 Å². The Morgan fingerprint density at radius 3 is 2.19 bits per heavy atom. The van der Waals surface area contributed by atoms with Gasteiger partial charge in [0.25, 0.3) is 0 Å². The first-order valence-corrected chi connectivity index (χ1v) is 8.86. The van der Waals surface area contributed by atoms with Gasteiger partial charge in [-0.15, -0.1) is 0 Å². The van der Waals surface area contributed by atoms with Crippen molar-refractivity contribution in [2.75, 3.05) is 0 Å². The molecule has 0 heterocycles. The van der Waals surface area contributed by atoms with Crippen LogP contribution in [0.4, 0.5) is 8.78 Å². The molecule has 2 aromatic rings. The van der Waals surface area contributed by atoms with Gasteiger partial charge in [0.1, 0.15) is 6.04 Å². The summed E-state index contributed by atoms with van der Waals surface area (Å²) in [7, 11) is 0. The van der Waals surface area contributed by atoms with Crippen molar-refractivity contribution in [3.05, 3.63) is 71.3 Å². The quantitative estimate of drug-likeness (QED) is 0.779. The van der Waals surface area contributed by atoms with E-state index in [1.807, 2.05) is 44.2 Å². The molecule has 2 amide bonds. The van der Waals surface area contributed by atoms with Crippen LogP contribution in [0, 0.1) is 17.6 Å². The molecule has 0 aliphatic carbocycles. The Bertz CT molecular complexity index is 794. The lowest BCUT2D eigenvalue weighted by atomic mass is 10.0. The molecule has 0 aromatic heterocycles. The number of halogens is 2. The van der Waals surface area contributed by atoms with Crippen molar-refractivity contribution in [2.45, 2.75) is 39.3 Å². The van der Waals surface area contributed by atoms with Gasteiger partial charge < -0.3 is 10.6 Å². The van der Waals surface area contributed by atoms with Crippen molar-refractivity contribution in [3.63, 3.8) is 0 Å². The second-order valence-corrected chi connectivity index (χ2v) is 6.86. The molecule has 0 aliphatic rings. The maximum Gasteiger partial charge on any atom is 0.243 e. The summed E-state index contributed by atoms with van der Waals surface area (Å²) in [5.41, 5.74) is 1.30. The van der Waals surface area contributed by atoms with Crippen LogP contribution in [0.1, 0.15) is 37.9 Å². The van der Waals surface area contributed by atoms with Crippen molar-refractivity contribution in [3.8, 4) is 0 Å². The van der Waals surface area contributed by atoms with Gasteiger partial charge in [0, 0.05) is 0 Å². The predicted molar refractivity (Wildman–Crippen MR) is 99.8 cm³/mol. The highest BCUT2D eigenvalue weighted by Gasteiger charge is 2.25. The van der Waals surface area contributed by atoms with E-state index in [0.29, 0.717) is 5.56 Å². The van der Waals surface area contributed by atoms with Crippen molar-refractivity contribution in [2.24, 2.45) is 5.92 Å². The molecule has 2 N–H and O–H groups in total. The van der Waals surface area contributed by atoms with Gasteiger partial charge >= 0.3 is 0 Å². The second kappa shape index (κ2) is 9.26. The number of rotatable bonds is 7. The molecule has 4 nitrogen and oxygen atoms in total. The molecular formula is C21H24F2N2O2. The average molecular weight is 374 g/mol. The lowest BCUT2D eigenvalue weighted by molar-refractivity contribution is -0.130. The monoisotopic (exact) mass is 374 g/mol. The van der Waals surface area contributed by atoms with Gasteiger partial charge in [-0.05, 0) is 36.1 Å². The highest BCUT2D eigenvalue weighted by molar-refractivity contribution is 5.88. The Hall–Kier alpha value is -2.76. The third-order valence-corrected chi connectivity index (χ3v) is 4.28. The molecule has 144 valence electrons. The minimum absolute atomic E-state index is 0.137. The van der Waals surface area contributed by atoms with Crippen LogP contribution in [0.3, 0.4) is 0 Å². The summed E-state index contributed by atoms with van der Waals surface area (Å²) < 4.78 is 26.5. The van der Waals surface area contributed by atoms with Crippen molar-refractivity contribution in [1.29, 1.82) is 0 Å². The molecule has 2 unspecified atom stereocenters. The highest BCUT2D eigenvalue weighted by Crippen LogP contribution is 2.16. The summed E-state index contributed by atoms with van der Waals surface area (Å²) in [5.74, 6) is -2.67. The van der Waals surface area contributed by atoms with Crippen molar-refractivity contribution in [1.82, 2.24) is 10.6 Å². The molecule has 0 saturated heterocycles. The van der Waals surface area contributed by atoms with Gasteiger partial charge in [0.2, 0.25) is 11.8 Å². The number of amides is 2. The largest absolute Gasteiger partial charge is 0.348 e. The highest BCUT2D eigenvalue weighted by atomic mass is 19.2. The third kappa shape index (κ3) is 5.88. The Kier molecular flexibility index (Phi) is 7.05. The number of benzene rings is 2. The first-order valence-electron chi connectivity index (χ1n) is 8.86. The molecule has 0 bridgehead atoms. The first kappa shape index (κ1) is 20.6. The van der Waals surface area contributed by atoms with E-state index in [1.165, 1.54) is 6.07 Å². The fourth-order valence-electron chi connectivity index (χ4n) is 2.71. The second-order valence-electron chi connectivity index (χ2n) is 6.86. The molecule has 2 atom stereocenters. The standard InChI is InChI=1S/C21H24F2N2O2/c1-13(2)20(25-19(26)11-15-7-5-4-6-8-15)21(27)24-14(3)16-9-10-17(22)18(23)12-16/h4-10,12-14,20H,11H2,1-3H3,(H,24,27)(H,25,26). The van der Waals surface area contributed by atoms with Crippen LogP contribution >= 0.6 is 0 Å². The summed E-state index contributed by atoms with van der Waals surface area (Å²) in [6.07, 6.45) is 0.177. The molecule has 6 heteroatoms. The maximum atomic E-state index is 13.4. The Morgan fingerprint density at radius 2 is 1.59 bits per heavy atom. The molecular weight excluding hydrogens is 350 g/mol.